The maximum absolute atomic E-state index is 13.7. The lowest BCUT2D eigenvalue weighted by Crippen LogP contribution is -2.10. The number of benzene rings is 1. The minimum atomic E-state index is -0.914. The SMILES string of the molecule is COc1cc(CC(=O)c2c(F)cc(Br)cc2F)ncn1. The van der Waals surface area contributed by atoms with Gasteiger partial charge in [0, 0.05) is 10.5 Å². The molecule has 7 heteroatoms. The molecule has 0 bridgehead atoms. The fourth-order valence-corrected chi connectivity index (χ4v) is 2.05. The summed E-state index contributed by atoms with van der Waals surface area (Å²) in [5, 5.41) is 0. The third-order valence-corrected chi connectivity index (χ3v) is 2.99. The van der Waals surface area contributed by atoms with E-state index in [-0.39, 0.29) is 16.8 Å². The first-order chi connectivity index (χ1) is 9.51. The summed E-state index contributed by atoms with van der Waals surface area (Å²) in [6, 6.07) is 3.51. The van der Waals surface area contributed by atoms with E-state index in [4.69, 9.17) is 4.74 Å². The van der Waals surface area contributed by atoms with Crippen molar-refractivity contribution in [1.82, 2.24) is 9.97 Å². The highest BCUT2D eigenvalue weighted by atomic mass is 79.9. The molecule has 104 valence electrons. The Kier molecular flexibility index (Phi) is 4.39. The fourth-order valence-electron chi connectivity index (χ4n) is 1.65. The number of ketones is 1. The average molecular weight is 343 g/mol. The summed E-state index contributed by atoms with van der Waals surface area (Å²) in [5.41, 5.74) is -0.255. The van der Waals surface area contributed by atoms with Crippen molar-refractivity contribution in [2.45, 2.75) is 6.42 Å². The van der Waals surface area contributed by atoms with Gasteiger partial charge in [0.15, 0.2) is 5.78 Å². The third-order valence-electron chi connectivity index (χ3n) is 2.54. The second kappa shape index (κ2) is 6.04. The van der Waals surface area contributed by atoms with Crippen LogP contribution >= 0.6 is 15.9 Å². The van der Waals surface area contributed by atoms with Crippen molar-refractivity contribution in [3.8, 4) is 5.88 Å². The summed E-state index contributed by atoms with van der Waals surface area (Å²) < 4.78 is 32.4. The largest absolute Gasteiger partial charge is 0.481 e. The van der Waals surface area contributed by atoms with Gasteiger partial charge in [-0.3, -0.25) is 4.79 Å². The first kappa shape index (κ1) is 14.5. The zero-order chi connectivity index (χ0) is 14.7. The molecule has 0 saturated carbocycles. The average Bonchev–Trinajstić information content (AvgIpc) is 2.37. The van der Waals surface area contributed by atoms with Crippen LogP contribution in [0.15, 0.2) is 29.0 Å². The van der Waals surface area contributed by atoms with Crippen LogP contribution < -0.4 is 4.74 Å². The number of nitrogens with zero attached hydrogens (tertiary/aromatic N) is 2. The second-order valence-corrected chi connectivity index (χ2v) is 4.81. The molecule has 0 aliphatic rings. The van der Waals surface area contributed by atoms with E-state index in [1.54, 1.807) is 0 Å². The van der Waals surface area contributed by atoms with Crippen LogP contribution in [0.5, 0.6) is 5.88 Å². The number of aromatic nitrogens is 2. The second-order valence-electron chi connectivity index (χ2n) is 3.90. The number of ether oxygens (including phenoxy) is 1. The number of rotatable bonds is 4. The monoisotopic (exact) mass is 342 g/mol. The molecule has 0 amide bonds. The Hall–Kier alpha value is -1.89. The summed E-state index contributed by atoms with van der Waals surface area (Å²) in [6.07, 6.45) is 0.976. The molecule has 1 aromatic heterocycles. The van der Waals surface area contributed by atoms with Crippen molar-refractivity contribution >= 4 is 21.7 Å². The molecular formula is C13H9BrF2N2O2. The van der Waals surface area contributed by atoms with E-state index < -0.39 is 23.0 Å². The maximum Gasteiger partial charge on any atom is 0.216 e. The Balaban J connectivity index is 2.28. The molecule has 0 aliphatic heterocycles. The molecule has 0 fully saturated rings. The lowest BCUT2D eigenvalue weighted by Gasteiger charge is -2.05. The summed E-state index contributed by atoms with van der Waals surface area (Å²) in [7, 11) is 1.42. The van der Waals surface area contributed by atoms with E-state index in [0.717, 1.165) is 12.1 Å². The predicted molar refractivity (Wildman–Crippen MR) is 70.7 cm³/mol. The molecule has 0 saturated heterocycles. The van der Waals surface area contributed by atoms with Crippen LogP contribution in [0, 0.1) is 11.6 Å². The number of methoxy groups -OCH3 is 1. The molecule has 0 unspecified atom stereocenters. The number of hydrogen-bond acceptors (Lipinski definition) is 4. The van der Waals surface area contributed by atoms with Crippen molar-refractivity contribution < 1.29 is 18.3 Å². The number of hydrogen-bond donors (Lipinski definition) is 0. The van der Waals surface area contributed by atoms with Crippen LogP contribution in [-0.4, -0.2) is 22.9 Å². The highest BCUT2D eigenvalue weighted by Crippen LogP contribution is 2.21. The van der Waals surface area contributed by atoms with Gasteiger partial charge in [-0.1, -0.05) is 15.9 Å². The molecule has 1 heterocycles. The summed E-state index contributed by atoms with van der Waals surface area (Å²) in [6.45, 7) is 0. The van der Waals surface area contributed by atoms with Gasteiger partial charge in [-0.2, -0.15) is 0 Å². The van der Waals surface area contributed by atoms with E-state index in [9.17, 15) is 13.6 Å². The van der Waals surface area contributed by atoms with Crippen LogP contribution in [0.3, 0.4) is 0 Å². The molecular weight excluding hydrogens is 334 g/mol. The number of Topliss-reactive ketones (excluding diaryl/α,β-unsaturated/α-hetero) is 1. The smallest absolute Gasteiger partial charge is 0.216 e. The Morgan fingerprint density at radius 2 is 1.90 bits per heavy atom. The van der Waals surface area contributed by atoms with Gasteiger partial charge < -0.3 is 4.74 Å². The van der Waals surface area contributed by atoms with E-state index in [0.29, 0.717) is 5.69 Å². The first-order valence-electron chi connectivity index (χ1n) is 5.54. The molecule has 0 N–H and O–H groups in total. The van der Waals surface area contributed by atoms with E-state index in [1.165, 1.54) is 19.5 Å². The van der Waals surface area contributed by atoms with Gasteiger partial charge in [0.25, 0.3) is 0 Å². The van der Waals surface area contributed by atoms with Gasteiger partial charge in [-0.05, 0) is 12.1 Å². The minimum Gasteiger partial charge on any atom is -0.481 e. The highest BCUT2D eigenvalue weighted by Gasteiger charge is 2.19. The molecule has 2 aromatic rings. The number of carbonyl (C=O) groups is 1. The molecule has 0 aliphatic carbocycles. The zero-order valence-corrected chi connectivity index (χ0v) is 11.9. The minimum absolute atomic E-state index is 0.229. The molecule has 20 heavy (non-hydrogen) atoms. The summed E-state index contributed by atoms with van der Waals surface area (Å²) >= 11 is 2.95. The fraction of sp³-hybridized carbons (Fsp3) is 0.154. The van der Waals surface area contributed by atoms with Gasteiger partial charge in [-0.25, -0.2) is 18.7 Å². The van der Waals surface area contributed by atoms with Crippen LogP contribution in [0.4, 0.5) is 8.78 Å². The van der Waals surface area contributed by atoms with Gasteiger partial charge in [0.2, 0.25) is 5.88 Å². The van der Waals surface area contributed by atoms with Crippen molar-refractivity contribution in [3.05, 3.63) is 51.9 Å². The molecule has 0 radical (unpaired) electrons. The first-order valence-corrected chi connectivity index (χ1v) is 6.33. The van der Waals surface area contributed by atoms with Crippen molar-refractivity contribution in [3.63, 3.8) is 0 Å². The molecule has 0 atom stereocenters. The third kappa shape index (κ3) is 3.16. The predicted octanol–water partition coefficient (Wildman–Crippen LogP) is 2.95. The summed E-state index contributed by atoms with van der Waals surface area (Å²) in [4.78, 5) is 19.6. The molecule has 4 nitrogen and oxygen atoms in total. The highest BCUT2D eigenvalue weighted by molar-refractivity contribution is 9.10. The van der Waals surface area contributed by atoms with Crippen LogP contribution in [0.2, 0.25) is 0 Å². The molecule has 1 aromatic carbocycles. The van der Waals surface area contributed by atoms with Crippen LogP contribution in [0.25, 0.3) is 0 Å². The van der Waals surface area contributed by atoms with Crippen LogP contribution in [-0.2, 0) is 6.42 Å². The van der Waals surface area contributed by atoms with Crippen LogP contribution in [0.1, 0.15) is 16.1 Å². The lowest BCUT2D eigenvalue weighted by atomic mass is 10.1. The normalized spacial score (nSPS) is 10.4. The van der Waals surface area contributed by atoms with Gasteiger partial charge in [0.05, 0.1) is 24.8 Å². The Morgan fingerprint density at radius 3 is 2.50 bits per heavy atom. The van der Waals surface area contributed by atoms with E-state index in [2.05, 4.69) is 25.9 Å². The Morgan fingerprint density at radius 1 is 1.25 bits per heavy atom. The number of halogens is 3. The van der Waals surface area contributed by atoms with E-state index in [1.807, 2.05) is 0 Å². The Labute approximate surface area is 121 Å². The molecule has 0 spiro atoms. The number of carbonyl (C=O) groups excluding carboxylic acids is 1. The van der Waals surface area contributed by atoms with Crippen molar-refractivity contribution in [2.75, 3.05) is 7.11 Å². The lowest BCUT2D eigenvalue weighted by molar-refractivity contribution is 0.0983. The zero-order valence-electron chi connectivity index (χ0n) is 10.4. The van der Waals surface area contributed by atoms with Gasteiger partial charge in [-0.15, -0.1) is 0 Å². The topological polar surface area (TPSA) is 52.1 Å². The quantitative estimate of drug-likeness (QED) is 0.801. The van der Waals surface area contributed by atoms with Gasteiger partial charge >= 0.3 is 0 Å². The maximum atomic E-state index is 13.7. The molecule has 2 rings (SSSR count). The summed E-state index contributed by atoms with van der Waals surface area (Å²) in [5.74, 6) is -2.25. The Bertz CT molecular complexity index is 642. The standard InChI is InChI=1S/C13H9BrF2N2O2/c1-20-12-5-8(17-6-18-12)4-11(19)13-9(15)2-7(14)3-10(13)16/h2-3,5-6H,4H2,1H3. The van der Waals surface area contributed by atoms with Crippen molar-refractivity contribution in [2.24, 2.45) is 0 Å². The van der Waals surface area contributed by atoms with Gasteiger partial charge in [0.1, 0.15) is 18.0 Å². The van der Waals surface area contributed by atoms with E-state index >= 15 is 0 Å². The van der Waals surface area contributed by atoms with Crippen molar-refractivity contribution in [1.29, 1.82) is 0 Å².